The van der Waals surface area contributed by atoms with Gasteiger partial charge < -0.3 is 10.2 Å². The second-order valence-corrected chi connectivity index (χ2v) is 9.45. The molecule has 0 spiro atoms. The molecular formula is C27H31N5O4. The number of aromatic nitrogens is 2. The van der Waals surface area contributed by atoms with E-state index in [9.17, 15) is 19.7 Å². The molecular weight excluding hydrogens is 458 g/mol. The van der Waals surface area contributed by atoms with Crippen LogP contribution in [-0.4, -0.2) is 44.5 Å². The van der Waals surface area contributed by atoms with E-state index in [2.05, 4.69) is 26.1 Å². The van der Waals surface area contributed by atoms with Crippen molar-refractivity contribution in [3.05, 3.63) is 87.6 Å². The fraction of sp³-hybridized carbons (Fsp3) is 0.296. The van der Waals surface area contributed by atoms with Crippen LogP contribution in [0.5, 0.6) is 0 Å². The molecule has 9 nitrogen and oxygen atoms in total. The predicted molar refractivity (Wildman–Crippen MR) is 140 cm³/mol. The Bertz CT molecular complexity index is 1290. The van der Waals surface area contributed by atoms with Gasteiger partial charge in [0.15, 0.2) is 0 Å². The number of nitro groups is 1. The highest BCUT2D eigenvalue weighted by molar-refractivity contribution is 5.97. The van der Waals surface area contributed by atoms with Crippen molar-refractivity contribution >= 4 is 29.4 Å². The largest absolute Gasteiger partial charge is 0.330 e. The number of nitrogens with zero attached hydrogens (tertiary/aromatic N) is 4. The third-order valence-corrected chi connectivity index (χ3v) is 5.64. The molecule has 3 rings (SSSR count). The first-order valence-corrected chi connectivity index (χ1v) is 11.7. The minimum absolute atomic E-state index is 0.0233. The number of nitro benzene ring substituents is 1. The smallest absolute Gasteiger partial charge is 0.269 e. The van der Waals surface area contributed by atoms with Crippen molar-refractivity contribution < 1.29 is 14.5 Å². The number of likely N-dealkylation sites (N-methyl/N-ethyl adjacent to an activating group) is 1. The first kappa shape index (κ1) is 26.3. The van der Waals surface area contributed by atoms with E-state index in [1.54, 1.807) is 29.8 Å². The van der Waals surface area contributed by atoms with Crippen LogP contribution in [0.2, 0.25) is 0 Å². The quantitative estimate of drug-likeness (QED) is 0.275. The van der Waals surface area contributed by atoms with Gasteiger partial charge in [0, 0.05) is 36.2 Å². The topological polar surface area (TPSA) is 110 Å². The molecule has 188 valence electrons. The Morgan fingerprint density at radius 3 is 2.39 bits per heavy atom. The molecule has 0 fully saturated rings. The number of amides is 2. The van der Waals surface area contributed by atoms with Crippen LogP contribution in [-0.2, 0) is 15.0 Å². The van der Waals surface area contributed by atoms with Gasteiger partial charge in [0.1, 0.15) is 12.4 Å². The van der Waals surface area contributed by atoms with Crippen LogP contribution < -0.4 is 5.32 Å². The van der Waals surface area contributed by atoms with E-state index in [0.29, 0.717) is 17.9 Å². The summed E-state index contributed by atoms with van der Waals surface area (Å²) in [6.45, 7) is 10.1. The van der Waals surface area contributed by atoms with Gasteiger partial charge in [-0.1, -0.05) is 39.0 Å². The monoisotopic (exact) mass is 489 g/mol. The minimum Gasteiger partial charge on any atom is -0.330 e. The van der Waals surface area contributed by atoms with Gasteiger partial charge in [0.2, 0.25) is 11.8 Å². The summed E-state index contributed by atoms with van der Waals surface area (Å²) in [5, 5.41) is 18.5. The lowest BCUT2D eigenvalue weighted by Crippen LogP contribution is -2.37. The van der Waals surface area contributed by atoms with Gasteiger partial charge >= 0.3 is 0 Å². The number of benzene rings is 2. The molecule has 0 atom stereocenters. The van der Waals surface area contributed by atoms with Crippen LogP contribution >= 0.6 is 0 Å². The van der Waals surface area contributed by atoms with Gasteiger partial charge in [0.05, 0.1) is 16.3 Å². The SMILES string of the molecule is CCN(CC(=O)Nc1cc(C(C)(C)C)nn1-c1ccccc1C)C(=O)/C=C/c1ccc([N+](=O)[O-])cc1. The molecule has 2 aromatic carbocycles. The van der Waals surface area contributed by atoms with Gasteiger partial charge in [-0.2, -0.15) is 5.10 Å². The van der Waals surface area contributed by atoms with Crippen molar-refractivity contribution in [2.45, 2.75) is 40.0 Å². The van der Waals surface area contributed by atoms with Crippen LogP contribution in [0.15, 0.2) is 60.7 Å². The lowest BCUT2D eigenvalue weighted by atomic mass is 9.92. The zero-order valence-corrected chi connectivity index (χ0v) is 21.2. The van der Waals surface area contributed by atoms with Crippen molar-refractivity contribution in [1.29, 1.82) is 0 Å². The first-order chi connectivity index (χ1) is 17.0. The highest BCUT2D eigenvalue weighted by Crippen LogP contribution is 2.27. The summed E-state index contributed by atoms with van der Waals surface area (Å²) >= 11 is 0. The molecule has 0 bridgehead atoms. The Hall–Kier alpha value is -4.27. The van der Waals surface area contributed by atoms with Crippen LogP contribution in [0.25, 0.3) is 11.8 Å². The Morgan fingerprint density at radius 1 is 1.14 bits per heavy atom. The van der Waals surface area contributed by atoms with Crippen molar-refractivity contribution in [1.82, 2.24) is 14.7 Å². The molecule has 3 aromatic rings. The van der Waals surface area contributed by atoms with Crippen molar-refractivity contribution in [2.75, 3.05) is 18.4 Å². The Balaban J connectivity index is 1.75. The first-order valence-electron chi connectivity index (χ1n) is 11.7. The average Bonchev–Trinajstić information content (AvgIpc) is 3.25. The second kappa shape index (κ2) is 11.0. The number of rotatable bonds is 8. The highest BCUT2D eigenvalue weighted by Gasteiger charge is 2.23. The molecule has 0 aliphatic rings. The number of anilines is 1. The molecule has 0 radical (unpaired) electrons. The maximum atomic E-state index is 13.0. The van der Waals surface area contributed by atoms with Crippen LogP contribution in [0, 0.1) is 17.0 Å². The lowest BCUT2D eigenvalue weighted by Gasteiger charge is -2.19. The molecule has 0 aliphatic carbocycles. The number of non-ortho nitro benzene ring substituents is 1. The molecule has 0 saturated carbocycles. The van der Waals surface area contributed by atoms with Crippen molar-refractivity contribution in [2.24, 2.45) is 0 Å². The normalized spacial score (nSPS) is 11.5. The minimum atomic E-state index is -0.481. The van der Waals surface area contributed by atoms with E-state index in [0.717, 1.165) is 16.9 Å². The number of carbonyl (C=O) groups is 2. The van der Waals surface area contributed by atoms with Gasteiger partial charge in [0.25, 0.3) is 5.69 Å². The third kappa shape index (κ3) is 6.44. The summed E-state index contributed by atoms with van der Waals surface area (Å²) in [7, 11) is 0. The Labute approximate surface area is 210 Å². The lowest BCUT2D eigenvalue weighted by molar-refractivity contribution is -0.384. The third-order valence-electron chi connectivity index (χ3n) is 5.64. The van der Waals surface area contributed by atoms with Gasteiger partial charge in [-0.25, -0.2) is 4.68 Å². The predicted octanol–water partition coefficient (Wildman–Crippen LogP) is 4.89. The number of nitrogens with one attached hydrogen (secondary N) is 1. The Kier molecular flexibility index (Phi) is 8.03. The number of hydrogen-bond acceptors (Lipinski definition) is 5. The number of hydrogen-bond donors (Lipinski definition) is 1. The van der Waals surface area contributed by atoms with Crippen molar-refractivity contribution in [3.8, 4) is 5.69 Å². The van der Waals surface area contributed by atoms with Gasteiger partial charge in [-0.3, -0.25) is 19.7 Å². The summed E-state index contributed by atoms with van der Waals surface area (Å²) in [5.41, 5.74) is 3.10. The zero-order chi connectivity index (χ0) is 26.5. The molecule has 2 amide bonds. The van der Waals surface area contributed by atoms with Crippen LogP contribution in [0.4, 0.5) is 11.5 Å². The summed E-state index contributed by atoms with van der Waals surface area (Å²) in [6, 6.07) is 15.5. The fourth-order valence-corrected chi connectivity index (χ4v) is 3.50. The molecule has 9 heteroatoms. The molecule has 0 saturated heterocycles. The Morgan fingerprint density at radius 2 is 1.81 bits per heavy atom. The van der Waals surface area contributed by atoms with Crippen LogP contribution in [0.3, 0.4) is 0 Å². The molecule has 36 heavy (non-hydrogen) atoms. The number of aryl methyl sites for hydroxylation is 1. The van der Waals surface area contributed by atoms with E-state index in [4.69, 9.17) is 5.10 Å². The maximum Gasteiger partial charge on any atom is 0.269 e. The summed E-state index contributed by atoms with van der Waals surface area (Å²) in [5.74, 6) is -0.151. The standard InChI is InChI=1S/C27H31N5O4/c1-6-30(26(34)16-13-20-11-14-21(15-12-20)32(35)36)18-25(33)28-24-17-23(27(3,4)5)29-31(24)22-10-8-7-9-19(22)2/h7-17H,6,18H2,1-5H3,(H,28,33)/b16-13+. The van der Waals surface area contributed by atoms with E-state index in [1.807, 2.05) is 37.3 Å². The van der Waals surface area contributed by atoms with E-state index < -0.39 is 4.92 Å². The van der Waals surface area contributed by atoms with Crippen molar-refractivity contribution in [3.63, 3.8) is 0 Å². The second-order valence-electron chi connectivity index (χ2n) is 9.45. The number of para-hydroxylation sites is 1. The van der Waals surface area contributed by atoms with E-state index >= 15 is 0 Å². The van der Waals surface area contributed by atoms with E-state index in [-0.39, 0.29) is 29.5 Å². The number of carbonyl (C=O) groups excluding carboxylic acids is 2. The van der Waals surface area contributed by atoms with Gasteiger partial charge in [-0.05, 0) is 49.2 Å². The molecule has 0 unspecified atom stereocenters. The van der Waals surface area contributed by atoms with E-state index in [1.165, 1.54) is 23.1 Å². The highest BCUT2D eigenvalue weighted by atomic mass is 16.6. The molecule has 1 N–H and O–H groups in total. The molecule has 1 aromatic heterocycles. The summed E-state index contributed by atoms with van der Waals surface area (Å²) in [4.78, 5) is 37.4. The fourth-order valence-electron chi connectivity index (χ4n) is 3.50. The summed E-state index contributed by atoms with van der Waals surface area (Å²) in [6.07, 6.45) is 2.92. The summed E-state index contributed by atoms with van der Waals surface area (Å²) < 4.78 is 1.72. The average molecular weight is 490 g/mol. The maximum absolute atomic E-state index is 13.0. The van der Waals surface area contributed by atoms with Gasteiger partial charge in [-0.15, -0.1) is 0 Å². The zero-order valence-electron chi connectivity index (χ0n) is 21.2. The molecule has 0 aliphatic heterocycles. The van der Waals surface area contributed by atoms with Crippen LogP contribution in [0.1, 0.15) is 44.5 Å². The molecule has 1 heterocycles.